The Labute approximate surface area is 249 Å². The number of rotatable bonds is 10. The number of hydrogen-bond acceptors (Lipinski definition) is 5. The zero-order valence-corrected chi connectivity index (χ0v) is 24.1. The maximum absolute atomic E-state index is 13.2. The van der Waals surface area contributed by atoms with Gasteiger partial charge < -0.3 is 25.3 Å². The zero-order chi connectivity index (χ0) is 29.8. The molecule has 0 aliphatic heterocycles. The molecule has 13 heteroatoms. The molecule has 1 aromatic heterocycles. The monoisotopic (exact) mass is 621 g/mol. The van der Waals surface area contributed by atoms with E-state index in [4.69, 9.17) is 39.5 Å². The minimum atomic E-state index is -2.75. The van der Waals surface area contributed by atoms with Crippen LogP contribution in [0.15, 0.2) is 60.7 Å². The van der Waals surface area contributed by atoms with Crippen LogP contribution in [0.2, 0.25) is 15.1 Å². The molecule has 0 bridgehead atoms. The summed E-state index contributed by atoms with van der Waals surface area (Å²) < 4.78 is 33.0. The van der Waals surface area contributed by atoms with Crippen LogP contribution >= 0.6 is 34.8 Å². The lowest BCUT2D eigenvalue weighted by Gasteiger charge is -2.14. The molecule has 0 radical (unpaired) electrons. The molecule has 1 heterocycles. The molecule has 214 valence electrons. The molecule has 4 rings (SSSR count). The zero-order valence-electron chi connectivity index (χ0n) is 21.8. The Bertz CT molecular complexity index is 1660. The number of ether oxygens (including phenoxy) is 1. The summed E-state index contributed by atoms with van der Waals surface area (Å²) in [5.41, 5.74) is 2.53. The molecule has 2 amide bonds. The molecular weight excluding hydrogens is 599 g/mol. The quantitative estimate of drug-likeness (QED) is 0.161. The van der Waals surface area contributed by atoms with Gasteiger partial charge in [-0.15, -0.1) is 0 Å². The van der Waals surface area contributed by atoms with E-state index in [2.05, 4.69) is 27.5 Å². The van der Waals surface area contributed by atoms with Gasteiger partial charge in [-0.25, -0.2) is 13.8 Å². The molecule has 0 aliphatic rings. The molecule has 3 aromatic carbocycles. The smallest absolute Gasteiger partial charge is 0.272 e. The number of carbonyl (C=O) groups excluding carboxylic acids is 2. The number of fused-ring (bicyclic) bond motifs is 1. The van der Waals surface area contributed by atoms with Crippen LogP contribution in [0, 0.1) is 0 Å². The first-order chi connectivity index (χ1) is 19.4. The van der Waals surface area contributed by atoms with Crippen LogP contribution < -0.4 is 20.7 Å². The van der Waals surface area contributed by atoms with E-state index in [0.29, 0.717) is 49.5 Å². The van der Waals surface area contributed by atoms with Gasteiger partial charge in [-0.05, 0) is 42.8 Å². The molecule has 4 aromatic rings. The van der Waals surface area contributed by atoms with Crippen molar-refractivity contribution in [1.82, 2.24) is 14.9 Å². The van der Waals surface area contributed by atoms with Crippen molar-refractivity contribution in [3.8, 4) is 5.75 Å². The van der Waals surface area contributed by atoms with Crippen LogP contribution in [-0.4, -0.2) is 34.4 Å². The number of aromatic nitrogens is 2. The number of nitrogens with one attached hydrogen (secondary N) is 3. The van der Waals surface area contributed by atoms with Crippen LogP contribution in [-0.2, 0) is 18.4 Å². The summed E-state index contributed by atoms with van der Waals surface area (Å²) in [5, 5.41) is 9.46. The SMILES string of the molecule is C=C(C)C(=O)NCc1ccc(Cl)c(Nc2nc3cc(C(=O)Nc4cccc(Cl)c4)c(OCC(F)F)cc3n2C)c1Cl. The lowest BCUT2D eigenvalue weighted by molar-refractivity contribution is -0.117. The number of benzene rings is 3. The minimum Gasteiger partial charge on any atom is -0.487 e. The predicted octanol–water partition coefficient (Wildman–Crippen LogP) is 7.37. The third-order valence-corrected chi connectivity index (χ3v) is 6.89. The Morgan fingerprint density at radius 1 is 1.12 bits per heavy atom. The summed E-state index contributed by atoms with van der Waals surface area (Å²) in [6.07, 6.45) is -2.75. The van der Waals surface area contributed by atoms with E-state index in [9.17, 15) is 18.4 Å². The second-order valence-electron chi connectivity index (χ2n) is 8.98. The highest BCUT2D eigenvalue weighted by Gasteiger charge is 2.21. The van der Waals surface area contributed by atoms with Crippen molar-refractivity contribution in [3.63, 3.8) is 0 Å². The Morgan fingerprint density at radius 3 is 2.56 bits per heavy atom. The first kappa shape index (κ1) is 30.1. The van der Waals surface area contributed by atoms with E-state index in [1.165, 1.54) is 12.1 Å². The molecule has 0 aliphatic carbocycles. The fourth-order valence-electron chi connectivity index (χ4n) is 3.83. The molecule has 0 saturated carbocycles. The summed E-state index contributed by atoms with van der Waals surface area (Å²) in [5.74, 6) is -0.688. The van der Waals surface area contributed by atoms with Crippen molar-refractivity contribution in [1.29, 1.82) is 0 Å². The van der Waals surface area contributed by atoms with Crippen molar-refractivity contribution in [3.05, 3.63) is 86.9 Å². The first-order valence-electron chi connectivity index (χ1n) is 12.1. The Hall–Kier alpha value is -3.86. The number of anilines is 3. The molecule has 3 N–H and O–H groups in total. The molecule has 0 spiro atoms. The van der Waals surface area contributed by atoms with Crippen molar-refractivity contribution in [2.24, 2.45) is 7.05 Å². The van der Waals surface area contributed by atoms with Gasteiger partial charge in [-0.1, -0.05) is 53.5 Å². The third kappa shape index (κ3) is 7.08. The van der Waals surface area contributed by atoms with Crippen molar-refractivity contribution in [2.75, 3.05) is 17.2 Å². The van der Waals surface area contributed by atoms with Gasteiger partial charge >= 0.3 is 0 Å². The first-order valence-corrected chi connectivity index (χ1v) is 13.2. The standard InChI is InChI=1S/C28H24Cl3F2N5O3/c1-14(2)26(39)34-12-15-7-8-19(30)25(24(15)31)37-28-36-20-10-18(27(40)35-17-6-4-5-16(29)9-17)22(41-13-23(32)33)11-21(20)38(28)3/h4-11,23H,1,12-13H2,2-3H3,(H,34,39)(H,35,40)(H,36,37). The average Bonchev–Trinajstić information content (AvgIpc) is 3.22. The van der Waals surface area contributed by atoms with Gasteiger partial charge in [0.1, 0.15) is 12.4 Å². The highest BCUT2D eigenvalue weighted by atomic mass is 35.5. The fourth-order valence-corrected chi connectivity index (χ4v) is 4.55. The van der Waals surface area contributed by atoms with E-state index >= 15 is 0 Å². The van der Waals surface area contributed by atoms with Crippen LogP contribution in [0.25, 0.3) is 11.0 Å². The second kappa shape index (κ2) is 12.8. The summed E-state index contributed by atoms with van der Waals surface area (Å²) >= 11 is 19.1. The van der Waals surface area contributed by atoms with E-state index in [-0.39, 0.29) is 28.8 Å². The van der Waals surface area contributed by atoms with Crippen LogP contribution in [0.4, 0.5) is 26.1 Å². The van der Waals surface area contributed by atoms with Gasteiger partial charge in [0.2, 0.25) is 11.9 Å². The summed E-state index contributed by atoms with van der Waals surface area (Å²) in [6.45, 7) is 4.42. The summed E-state index contributed by atoms with van der Waals surface area (Å²) in [6, 6.07) is 12.7. The average molecular weight is 623 g/mol. The summed E-state index contributed by atoms with van der Waals surface area (Å²) in [7, 11) is 1.68. The molecule has 41 heavy (non-hydrogen) atoms. The number of halogens is 5. The van der Waals surface area contributed by atoms with Gasteiger partial charge in [0.05, 0.1) is 32.3 Å². The number of hydrogen-bond donors (Lipinski definition) is 3. The lowest BCUT2D eigenvalue weighted by Crippen LogP contribution is -2.23. The van der Waals surface area contributed by atoms with Crippen molar-refractivity contribution >= 4 is 75.0 Å². The number of imidazole rings is 1. The normalized spacial score (nSPS) is 11.0. The number of amides is 2. The second-order valence-corrected chi connectivity index (χ2v) is 10.2. The topological polar surface area (TPSA) is 97.3 Å². The number of carbonyl (C=O) groups is 2. The van der Waals surface area contributed by atoms with Gasteiger partial charge in [0, 0.05) is 35.9 Å². The fraction of sp³-hybridized carbons (Fsp3) is 0.179. The lowest BCUT2D eigenvalue weighted by atomic mass is 10.1. The number of aryl methyl sites for hydroxylation is 1. The van der Waals surface area contributed by atoms with Crippen molar-refractivity contribution in [2.45, 2.75) is 19.9 Å². The minimum absolute atomic E-state index is 0.00547. The predicted molar refractivity (Wildman–Crippen MR) is 158 cm³/mol. The van der Waals surface area contributed by atoms with Gasteiger partial charge in [-0.3, -0.25) is 9.59 Å². The molecule has 0 atom stereocenters. The van der Waals surface area contributed by atoms with Crippen LogP contribution in [0.1, 0.15) is 22.8 Å². The molecule has 0 saturated heterocycles. The van der Waals surface area contributed by atoms with Gasteiger partial charge in [0.15, 0.2) is 0 Å². The number of nitrogens with zero attached hydrogens (tertiary/aromatic N) is 2. The Morgan fingerprint density at radius 2 is 1.88 bits per heavy atom. The Kier molecular flexibility index (Phi) is 9.37. The number of alkyl halides is 2. The maximum atomic E-state index is 13.2. The van der Waals surface area contributed by atoms with Crippen LogP contribution in [0.3, 0.4) is 0 Å². The third-order valence-electron chi connectivity index (χ3n) is 5.91. The highest BCUT2D eigenvalue weighted by molar-refractivity contribution is 6.39. The van der Waals surface area contributed by atoms with Crippen LogP contribution in [0.5, 0.6) is 5.75 Å². The summed E-state index contributed by atoms with van der Waals surface area (Å²) in [4.78, 5) is 29.6. The van der Waals surface area contributed by atoms with Gasteiger partial charge in [0.25, 0.3) is 12.3 Å². The molecule has 8 nitrogen and oxygen atoms in total. The van der Waals surface area contributed by atoms with Crippen molar-refractivity contribution < 1.29 is 23.1 Å². The van der Waals surface area contributed by atoms with E-state index in [1.54, 1.807) is 54.9 Å². The van der Waals surface area contributed by atoms with E-state index in [0.717, 1.165) is 0 Å². The Balaban J connectivity index is 1.70. The molecule has 0 fully saturated rings. The molecular formula is C28H24Cl3F2N5O3. The maximum Gasteiger partial charge on any atom is 0.272 e. The highest BCUT2D eigenvalue weighted by Crippen LogP contribution is 2.37. The molecule has 0 unspecified atom stereocenters. The largest absolute Gasteiger partial charge is 0.487 e. The van der Waals surface area contributed by atoms with E-state index in [1.807, 2.05) is 0 Å². The van der Waals surface area contributed by atoms with Gasteiger partial charge in [-0.2, -0.15) is 0 Å². The van der Waals surface area contributed by atoms with E-state index < -0.39 is 18.9 Å².